The van der Waals surface area contributed by atoms with Gasteiger partial charge in [-0.2, -0.15) is 0 Å². The minimum Gasteiger partial charge on any atom is -0.475 e. The Kier molecular flexibility index (Phi) is 21.0. The summed E-state index contributed by atoms with van der Waals surface area (Å²) >= 11 is 0. The maximum Gasteiger partial charge on any atom is 0.188 e. The number of hydrogen-bond donors (Lipinski definition) is 0. The van der Waals surface area contributed by atoms with Crippen LogP contribution in [0.3, 0.4) is 0 Å². The average molecular weight is 359 g/mol. The zero-order chi connectivity index (χ0) is 18.4. The first-order valence-electron chi connectivity index (χ1n) is 10.2. The van der Waals surface area contributed by atoms with Crippen LogP contribution in [0.2, 0.25) is 0 Å². The largest absolute Gasteiger partial charge is 0.475 e. The summed E-state index contributed by atoms with van der Waals surface area (Å²) in [7, 11) is 3.41. The Bertz CT molecular complexity index is 265. The molecule has 0 aliphatic carbocycles. The third-order valence-corrected chi connectivity index (χ3v) is 4.32. The lowest BCUT2D eigenvalue weighted by Crippen LogP contribution is -2.12. The van der Waals surface area contributed by atoms with Crippen molar-refractivity contribution in [1.82, 2.24) is 0 Å². The SMILES string of the molecule is CCCCCCOCOC=CCCCCCCCCCC(OC)OC. The topological polar surface area (TPSA) is 36.9 Å². The molecule has 0 saturated carbocycles. The first kappa shape index (κ1) is 24.4. The number of ether oxygens (including phenoxy) is 4. The normalized spacial score (nSPS) is 11.7. The summed E-state index contributed by atoms with van der Waals surface area (Å²) in [6.45, 7) is 3.41. The van der Waals surface area contributed by atoms with Crippen molar-refractivity contribution < 1.29 is 18.9 Å². The fourth-order valence-corrected chi connectivity index (χ4v) is 2.70. The Morgan fingerprint density at radius 2 is 1.40 bits per heavy atom. The van der Waals surface area contributed by atoms with Gasteiger partial charge in [0.15, 0.2) is 13.1 Å². The number of allylic oxidation sites excluding steroid dienone is 1. The van der Waals surface area contributed by atoms with Gasteiger partial charge in [0.25, 0.3) is 0 Å². The number of unbranched alkanes of at least 4 members (excludes halogenated alkanes) is 10. The van der Waals surface area contributed by atoms with Crippen molar-refractivity contribution in [1.29, 1.82) is 0 Å². The molecule has 0 amide bonds. The second-order valence-corrected chi connectivity index (χ2v) is 6.58. The molecule has 4 nitrogen and oxygen atoms in total. The highest BCUT2D eigenvalue weighted by Crippen LogP contribution is 2.12. The van der Waals surface area contributed by atoms with E-state index in [9.17, 15) is 0 Å². The predicted molar refractivity (Wildman–Crippen MR) is 105 cm³/mol. The Labute approximate surface area is 156 Å². The van der Waals surface area contributed by atoms with E-state index in [2.05, 4.69) is 13.0 Å². The van der Waals surface area contributed by atoms with Crippen LogP contribution < -0.4 is 0 Å². The summed E-state index contributed by atoms with van der Waals surface area (Å²) in [5.41, 5.74) is 0. The molecule has 0 N–H and O–H groups in total. The van der Waals surface area contributed by atoms with Gasteiger partial charge in [0.2, 0.25) is 0 Å². The molecule has 0 spiro atoms. The summed E-state index contributed by atoms with van der Waals surface area (Å²) < 4.78 is 21.1. The lowest BCUT2D eigenvalue weighted by molar-refractivity contribution is -0.107. The maximum atomic E-state index is 5.41. The van der Waals surface area contributed by atoms with Gasteiger partial charge in [-0.05, 0) is 38.2 Å². The van der Waals surface area contributed by atoms with E-state index in [1.54, 1.807) is 20.5 Å². The third-order valence-electron chi connectivity index (χ3n) is 4.32. The standard InChI is InChI=1S/C21H42O4/c1-4-5-6-15-18-24-20-25-19-16-13-11-9-7-8-10-12-14-17-21(22-2)23-3/h16,19,21H,4-15,17-18,20H2,1-3H3. The first-order valence-corrected chi connectivity index (χ1v) is 10.2. The molecule has 0 fully saturated rings. The van der Waals surface area contributed by atoms with Gasteiger partial charge in [-0.15, -0.1) is 0 Å². The van der Waals surface area contributed by atoms with Crippen LogP contribution in [0.25, 0.3) is 0 Å². The molecule has 0 radical (unpaired) electrons. The van der Waals surface area contributed by atoms with Gasteiger partial charge in [0.05, 0.1) is 12.9 Å². The minimum absolute atomic E-state index is 0.0273. The summed E-state index contributed by atoms with van der Waals surface area (Å²) in [6, 6.07) is 0. The molecule has 0 aromatic heterocycles. The van der Waals surface area contributed by atoms with Gasteiger partial charge in [-0.1, -0.05) is 58.3 Å². The van der Waals surface area contributed by atoms with E-state index in [0.717, 1.165) is 25.9 Å². The third kappa shape index (κ3) is 19.6. The lowest BCUT2D eigenvalue weighted by atomic mass is 10.1. The van der Waals surface area contributed by atoms with Crippen molar-refractivity contribution in [2.45, 2.75) is 96.7 Å². The Morgan fingerprint density at radius 1 is 0.760 bits per heavy atom. The van der Waals surface area contributed by atoms with Crippen LogP contribution >= 0.6 is 0 Å². The van der Waals surface area contributed by atoms with Crippen LogP contribution in [-0.4, -0.2) is 33.9 Å². The summed E-state index contributed by atoms with van der Waals surface area (Å²) in [5.74, 6) is 0. The molecule has 0 heterocycles. The molecule has 0 bridgehead atoms. The van der Waals surface area contributed by atoms with Crippen LogP contribution in [0.4, 0.5) is 0 Å². The van der Waals surface area contributed by atoms with E-state index in [1.165, 1.54) is 64.2 Å². The van der Waals surface area contributed by atoms with Crippen LogP contribution in [0, 0.1) is 0 Å². The molecule has 4 heteroatoms. The van der Waals surface area contributed by atoms with Crippen LogP contribution in [0.1, 0.15) is 90.4 Å². The van der Waals surface area contributed by atoms with Gasteiger partial charge in [-0.25, -0.2) is 0 Å². The fourth-order valence-electron chi connectivity index (χ4n) is 2.70. The monoisotopic (exact) mass is 358 g/mol. The molecule has 0 aliphatic heterocycles. The number of hydrogen-bond acceptors (Lipinski definition) is 4. The molecule has 0 aromatic carbocycles. The quantitative estimate of drug-likeness (QED) is 0.147. The van der Waals surface area contributed by atoms with Gasteiger partial charge >= 0.3 is 0 Å². The van der Waals surface area contributed by atoms with E-state index >= 15 is 0 Å². The van der Waals surface area contributed by atoms with E-state index in [1.807, 2.05) is 0 Å². The molecule has 0 atom stereocenters. The zero-order valence-electron chi connectivity index (χ0n) is 17.0. The molecule has 0 aliphatic rings. The average Bonchev–Trinajstić information content (AvgIpc) is 2.64. The van der Waals surface area contributed by atoms with Crippen LogP contribution in [0.5, 0.6) is 0 Å². The zero-order valence-corrected chi connectivity index (χ0v) is 17.0. The Hall–Kier alpha value is -0.580. The summed E-state index contributed by atoms with van der Waals surface area (Å²) in [6.07, 6.45) is 19.9. The van der Waals surface area contributed by atoms with Gasteiger partial charge in [0.1, 0.15) is 0 Å². The van der Waals surface area contributed by atoms with Crippen molar-refractivity contribution in [2.75, 3.05) is 27.6 Å². The van der Waals surface area contributed by atoms with Gasteiger partial charge < -0.3 is 18.9 Å². The van der Waals surface area contributed by atoms with Crippen molar-refractivity contribution in [3.05, 3.63) is 12.3 Å². The first-order chi connectivity index (χ1) is 12.3. The smallest absolute Gasteiger partial charge is 0.188 e. The second-order valence-electron chi connectivity index (χ2n) is 6.58. The van der Waals surface area contributed by atoms with Crippen molar-refractivity contribution in [3.8, 4) is 0 Å². The molecule has 0 aromatic rings. The van der Waals surface area contributed by atoms with Crippen molar-refractivity contribution in [3.63, 3.8) is 0 Å². The van der Waals surface area contributed by atoms with E-state index < -0.39 is 0 Å². The minimum atomic E-state index is -0.0273. The van der Waals surface area contributed by atoms with E-state index in [4.69, 9.17) is 18.9 Å². The highest BCUT2D eigenvalue weighted by molar-refractivity contribution is 4.72. The fraction of sp³-hybridized carbons (Fsp3) is 0.905. The van der Waals surface area contributed by atoms with Gasteiger partial charge in [0, 0.05) is 14.2 Å². The predicted octanol–water partition coefficient (Wildman–Crippen LogP) is 6.20. The van der Waals surface area contributed by atoms with Gasteiger partial charge in [-0.3, -0.25) is 0 Å². The van der Waals surface area contributed by atoms with Crippen LogP contribution in [-0.2, 0) is 18.9 Å². The van der Waals surface area contributed by atoms with E-state index in [-0.39, 0.29) is 6.29 Å². The molecular weight excluding hydrogens is 316 g/mol. The van der Waals surface area contributed by atoms with Crippen molar-refractivity contribution in [2.24, 2.45) is 0 Å². The number of rotatable bonds is 20. The molecule has 25 heavy (non-hydrogen) atoms. The maximum absolute atomic E-state index is 5.41. The summed E-state index contributed by atoms with van der Waals surface area (Å²) in [4.78, 5) is 0. The Morgan fingerprint density at radius 3 is 2.08 bits per heavy atom. The molecule has 0 rings (SSSR count). The second kappa shape index (κ2) is 21.5. The van der Waals surface area contributed by atoms with Crippen molar-refractivity contribution >= 4 is 0 Å². The number of methoxy groups -OCH3 is 2. The molecule has 0 unspecified atom stereocenters. The highest BCUT2D eigenvalue weighted by atomic mass is 16.7. The lowest BCUT2D eigenvalue weighted by Gasteiger charge is -2.12. The highest BCUT2D eigenvalue weighted by Gasteiger charge is 2.03. The van der Waals surface area contributed by atoms with E-state index in [0.29, 0.717) is 6.79 Å². The Balaban J connectivity index is 3.13. The van der Waals surface area contributed by atoms with Crippen LogP contribution in [0.15, 0.2) is 12.3 Å². The molecule has 150 valence electrons. The summed E-state index contributed by atoms with van der Waals surface area (Å²) in [5, 5.41) is 0. The molecule has 0 saturated heterocycles. The molecular formula is C21H42O4.